The zero-order valence-corrected chi connectivity index (χ0v) is 16.8. The minimum atomic E-state index is -0.472. The van der Waals surface area contributed by atoms with Crippen LogP contribution < -0.4 is 5.73 Å². The van der Waals surface area contributed by atoms with E-state index in [4.69, 9.17) is 26.6 Å². The lowest BCUT2D eigenvalue weighted by Crippen LogP contribution is -2.16. The molecule has 146 valence electrons. The second kappa shape index (κ2) is 8.12. The van der Waals surface area contributed by atoms with E-state index in [9.17, 15) is 4.79 Å². The van der Waals surface area contributed by atoms with Gasteiger partial charge < -0.3 is 15.0 Å². The molecule has 0 aliphatic heterocycles. The number of carbonyl (C=O) groups excluding carboxylic acids is 1. The molecule has 0 aliphatic carbocycles. The Morgan fingerprint density at radius 3 is 2.50 bits per heavy atom. The molecule has 0 bridgehead atoms. The van der Waals surface area contributed by atoms with E-state index in [2.05, 4.69) is 43.0 Å². The highest BCUT2D eigenvalue weighted by molar-refractivity contribution is 6.33. The van der Waals surface area contributed by atoms with Gasteiger partial charge >= 0.3 is 5.97 Å². The van der Waals surface area contributed by atoms with Gasteiger partial charge in [0.2, 0.25) is 5.82 Å². The topological polar surface area (TPSA) is 91.2 Å². The fourth-order valence-corrected chi connectivity index (χ4v) is 2.90. The summed E-state index contributed by atoms with van der Waals surface area (Å²) in [4.78, 5) is 15.6. The van der Waals surface area contributed by atoms with Crippen molar-refractivity contribution in [3.63, 3.8) is 0 Å². The summed E-state index contributed by atoms with van der Waals surface area (Å²) in [7, 11) is 0. The summed E-state index contributed by atoms with van der Waals surface area (Å²) in [5.41, 5.74) is 8.74. The Morgan fingerprint density at radius 2 is 1.89 bits per heavy atom. The monoisotopic (exact) mass is 399 g/mol. The molecule has 0 aliphatic rings. The Balaban J connectivity index is 1.79. The summed E-state index contributed by atoms with van der Waals surface area (Å²) in [6.45, 7) is 6.43. The smallest absolute Gasteiger partial charge is 0.320 e. The standard InChI is InChI=1S/C21H22ClN3O3/c1-21(2,3)15-7-5-14(6-8-15)20-24-19(25-28-20)16-9-4-13(10-17(16)22)12-27-18(26)11-23/h4-10H,11-12,23H2,1-3H3. The molecule has 1 heterocycles. The molecule has 0 fully saturated rings. The first-order chi connectivity index (χ1) is 13.3. The largest absolute Gasteiger partial charge is 0.460 e. The van der Waals surface area contributed by atoms with Gasteiger partial charge in [0.05, 0.1) is 11.6 Å². The van der Waals surface area contributed by atoms with Crippen molar-refractivity contribution < 1.29 is 14.1 Å². The van der Waals surface area contributed by atoms with Crippen LogP contribution in [0.1, 0.15) is 31.9 Å². The lowest BCUT2D eigenvalue weighted by atomic mass is 9.87. The third-order valence-corrected chi connectivity index (χ3v) is 4.58. The van der Waals surface area contributed by atoms with E-state index in [1.54, 1.807) is 18.2 Å². The van der Waals surface area contributed by atoms with Crippen LogP contribution in [0.4, 0.5) is 0 Å². The first-order valence-electron chi connectivity index (χ1n) is 8.87. The molecule has 1 aromatic heterocycles. The lowest BCUT2D eigenvalue weighted by molar-refractivity contribution is -0.143. The number of hydrogen-bond donors (Lipinski definition) is 1. The maximum atomic E-state index is 11.2. The molecule has 28 heavy (non-hydrogen) atoms. The molecule has 7 heteroatoms. The van der Waals surface area contributed by atoms with Crippen molar-refractivity contribution in [3.8, 4) is 22.8 Å². The molecule has 0 amide bonds. The van der Waals surface area contributed by atoms with E-state index < -0.39 is 5.97 Å². The number of rotatable bonds is 5. The number of esters is 1. The Bertz CT molecular complexity index is 975. The van der Waals surface area contributed by atoms with Crippen molar-refractivity contribution in [1.29, 1.82) is 0 Å². The summed E-state index contributed by atoms with van der Waals surface area (Å²) in [6.07, 6.45) is 0. The van der Waals surface area contributed by atoms with Gasteiger partial charge in [0.25, 0.3) is 5.89 Å². The van der Waals surface area contributed by atoms with E-state index in [0.29, 0.717) is 22.3 Å². The number of hydrogen-bond acceptors (Lipinski definition) is 6. The highest BCUT2D eigenvalue weighted by Crippen LogP contribution is 2.30. The van der Waals surface area contributed by atoms with E-state index in [1.165, 1.54) is 5.56 Å². The van der Waals surface area contributed by atoms with Crippen LogP contribution in [0.2, 0.25) is 5.02 Å². The van der Waals surface area contributed by atoms with Gasteiger partial charge in [0.15, 0.2) is 0 Å². The first kappa shape index (κ1) is 20.0. The summed E-state index contributed by atoms with van der Waals surface area (Å²) in [5, 5.41) is 4.48. The van der Waals surface area contributed by atoms with Crippen molar-refractivity contribution in [2.45, 2.75) is 32.8 Å². The second-order valence-electron chi connectivity index (χ2n) is 7.43. The Morgan fingerprint density at radius 1 is 1.18 bits per heavy atom. The molecule has 0 spiro atoms. The minimum absolute atomic E-state index is 0.0757. The highest BCUT2D eigenvalue weighted by Gasteiger charge is 2.16. The quantitative estimate of drug-likeness (QED) is 0.641. The van der Waals surface area contributed by atoms with E-state index in [1.807, 2.05) is 12.1 Å². The van der Waals surface area contributed by atoms with Crippen molar-refractivity contribution in [2.24, 2.45) is 5.73 Å². The van der Waals surface area contributed by atoms with Gasteiger partial charge in [-0.2, -0.15) is 4.98 Å². The molecular weight excluding hydrogens is 378 g/mol. The first-order valence-corrected chi connectivity index (χ1v) is 9.25. The number of aromatic nitrogens is 2. The molecular formula is C21H22ClN3O3. The van der Waals surface area contributed by atoms with Gasteiger partial charge in [0.1, 0.15) is 6.61 Å². The van der Waals surface area contributed by atoms with Crippen LogP contribution in [0.15, 0.2) is 47.0 Å². The third-order valence-electron chi connectivity index (χ3n) is 4.26. The van der Waals surface area contributed by atoms with Crippen LogP contribution in [0.25, 0.3) is 22.8 Å². The Labute approximate surface area is 168 Å². The fraction of sp³-hybridized carbons (Fsp3) is 0.286. The lowest BCUT2D eigenvalue weighted by Gasteiger charge is -2.18. The number of halogens is 1. The van der Waals surface area contributed by atoms with Gasteiger partial charge in [-0.25, -0.2) is 0 Å². The predicted molar refractivity (Wildman–Crippen MR) is 108 cm³/mol. The molecule has 0 unspecified atom stereocenters. The number of nitrogens with zero attached hydrogens (tertiary/aromatic N) is 2. The van der Waals surface area contributed by atoms with Crippen LogP contribution >= 0.6 is 11.6 Å². The number of nitrogens with two attached hydrogens (primary N) is 1. The second-order valence-corrected chi connectivity index (χ2v) is 7.84. The molecule has 3 rings (SSSR count). The normalized spacial score (nSPS) is 11.5. The van der Waals surface area contributed by atoms with E-state index in [0.717, 1.165) is 11.1 Å². The molecule has 0 saturated carbocycles. The number of ether oxygens (including phenoxy) is 1. The summed E-state index contributed by atoms with van der Waals surface area (Å²) in [6, 6.07) is 13.3. The Kier molecular flexibility index (Phi) is 5.82. The highest BCUT2D eigenvalue weighted by atomic mass is 35.5. The molecule has 0 radical (unpaired) electrons. The van der Waals surface area contributed by atoms with Crippen molar-refractivity contribution >= 4 is 17.6 Å². The van der Waals surface area contributed by atoms with Gasteiger partial charge in [-0.05, 0) is 40.8 Å². The van der Waals surface area contributed by atoms with E-state index >= 15 is 0 Å². The maximum Gasteiger partial charge on any atom is 0.320 e. The van der Waals surface area contributed by atoms with Crippen molar-refractivity contribution in [3.05, 3.63) is 58.6 Å². The Hall–Kier alpha value is -2.70. The average Bonchev–Trinajstić information content (AvgIpc) is 3.15. The third kappa shape index (κ3) is 4.58. The van der Waals surface area contributed by atoms with Crippen molar-refractivity contribution in [2.75, 3.05) is 6.54 Å². The molecule has 0 atom stereocenters. The molecule has 2 aromatic carbocycles. The van der Waals surface area contributed by atoms with Gasteiger partial charge in [-0.3, -0.25) is 4.79 Å². The predicted octanol–water partition coefficient (Wildman–Crippen LogP) is 4.36. The summed E-state index contributed by atoms with van der Waals surface area (Å²) in [5.74, 6) is 0.346. The molecule has 3 aromatic rings. The SMILES string of the molecule is CC(C)(C)c1ccc(-c2nc(-c3ccc(COC(=O)CN)cc3Cl)no2)cc1. The van der Waals surface area contributed by atoms with Crippen LogP contribution in [0.5, 0.6) is 0 Å². The van der Waals surface area contributed by atoms with E-state index in [-0.39, 0.29) is 18.6 Å². The summed E-state index contributed by atoms with van der Waals surface area (Å²) >= 11 is 6.35. The van der Waals surface area contributed by atoms with Crippen molar-refractivity contribution in [1.82, 2.24) is 10.1 Å². The average molecular weight is 400 g/mol. The van der Waals surface area contributed by atoms with Crippen LogP contribution in [-0.2, 0) is 21.6 Å². The van der Waals surface area contributed by atoms with Crippen LogP contribution in [-0.4, -0.2) is 22.7 Å². The molecule has 0 saturated heterocycles. The maximum absolute atomic E-state index is 11.2. The number of benzene rings is 2. The molecule has 6 nitrogen and oxygen atoms in total. The minimum Gasteiger partial charge on any atom is -0.460 e. The zero-order chi connectivity index (χ0) is 20.3. The van der Waals surface area contributed by atoms with Crippen LogP contribution in [0, 0.1) is 0 Å². The van der Waals surface area contributed by atoms with Gasteiger partial charge in [0, 0.05) is 11.1 Å². The number of carbonyl (C=O) groups is 1. The zero-order valence-electron chi connectivity index (χ0n) is 16.0. The van der Waals surface area contributed by atoms with Gasteiger partial charge in [-0.1, -0.05) is 55.7 Å². The summed E-state index contributed by atoms with van der Waals surface area (Å²) < 4.78 is 10.4. The van der Waals surface area contributed by atoms with Gasteiger partial charge in [-0.15, -0.1) is 0 Å². The fourth-order valence-electron chi connectivity index (χ4n) is 2.62. The molecule has 2 N–H and O–H groups in total. The van der Waals surface area contributed by atoms with Crippen LogP contribution in [0.3, 0.4) is 0 Å².